The van der Waals surface area contributed by atoms with Crippen LogP contribution in [0.3, 0.4) is 0 Å². The van der Waals surface area contributed by atoms with Gasteiger partial charge in [0, 0.05) is 31.7 Å². The molecule has 0 aromatic carbocycles. The Morgan fingerprint density at radius 3 is 2.87 bits per heavy atom. The third kappa shape index (κ3) is 3.73. The molecule has 0 aliphatic carbocycles. The molecule has 0 spiro atoms. The molecule has 0 aliphatic heterocycles. The molecular weight excluding hydrogens is 212 g/mol. The summed E-state index contributed by atoms with van der Waals surface area (Å²) in [5.41, 5.74) is 0.962. The van der Waals surface area contributed by atoms with E-state index in [0.717, 1.165) is 30.2 Å². The van der Waals surface area contributed by atoms with Crippen LogP contribution in [-0.4, -0.2) is 46.3 Å². The Kier molecular flexibility index (Phi) is 5.52. The Balaban J connectivity index is 2.56. The van der Waals surface area contributed by atoms with Crippen LogP contribution in [0.1, 0.15) is 19.0 Å². The second-order valence-corrected chi connectivity index (χ2v) is 4.05. The van der Waals surface area contributed by atoms with Crippen LogP contribution in [-0.2, 0) is 6.54 Å². The number of nitrogens with zero attached hydrogens (tertiary/aromatic N) is 3. The molecule has 2 N–H and O–H groups in total. The maximum Gasteiger partial charge on any atom is 0.134 e. The van der Waals surface area contributed by atoms with Crippen molar-refractivity contribution in [3.8, 4) is 0 Å². The number of rotatable bonds is 7. The zero-order valence-electron chi connectivity index (χ0n) is 9.23. The van der Waals surface area contributed by atoms with Crippen LogP contribution in [0.5, 0.6) is 0 Å². The van der Waals surface area contributed by atoms with Crippen LogP contribution in [0.15, 0.2) is 0 Å². The lowest BCUT2D eigenvalue weighted by atomic mass is 10.3. The van der Waals surface area contributed by atoms with Gasteiger partial charge in [0.25, 0.3) is 0 Å². The van der Waals surface area contributed by atoms with Crippen LogP contribution in [0.2, 0.25) is 0 Å². The number of aliphatic hydroxyl groups excluding tert-OH is 1. The van der Waals surface area contributed by atoms with E-state index in [9.17, 15) is 0 Å². The van der Waals surface area contributed by atoms with Gasteiger partial charge in [0.05, 0.1) is 6.61 Å². The highest BCUT2D eigenvalue weighted by atomic mass is 32.1. The van der Waals surface area contributed by atoms with Crippen molar-refractivity contribution in [2.45, 2.75) is 19.9 Å². The third-order valence-electron chi connectivity index (χ3n) is 2.11. The molecule has 0 saturated carbocycles. The second kappa shape index (κ2) is 6.71. The molecule has 1 heterocycles. The number of anilines is 1. The zero-order chi connectivity index (χ0) is 11.1. The largest absolute Gasteiger partial charge is 0.395 e. The quantitative estimate of drug-likeness (QED) is 0.725. The standard InChI is InChI=1S/C9H18N4OS/c1-3-4-13(5-6-14)7-8-9(10-2)15-12-11-8/h10,14H,3-7H2,1-2H3. The lowest BCUT2D eigenvalue weighted by Gasteiger charge is -2.19. The van der Waals surface area contributed by atoms with Crippen molar-refractivity contribution in [2.75, 3.05) is 32.1 Å². The van der Waals surface area contributed by atoms with E-state index < -0.39 is 0 Å². The number of aliphatic hydroxyl groups is 1. The lowest BCUT2D eigenvalue weighted by molar-refractivity contribution is 0.189. The van der Waals surface area contributed by atoms with Gasteiger partial charge in [0.2, 0.25) is 0 Å². The summed E-state index contributed by atoms with van der Waals surface area (Å²) in [5.74, 6) is 0. The number of hydrogen-bond donors (Lipinski definition) is 2. The van der Waals surface area contributed by atoms with E-state index in [0.29, 0.717) is 6.54 Å². The van der Waals surface area contributed by atoms with Gasteiger partial charge in [-0.25, -0.2) is 0 Å². The first kappa shape index (κ1) is 12.4. The van der Waals surface area contributed by atoms with Crippen molar-refractivity contribution >= 4 is 16.5 Å². The predicted octanol–water partition coefficient (Wildman–Crippen LogP) is 0.784. The van der Waals surface area contributed by atoms with Crippen molar-refractivity contribution in [1.29, 1.82) is 0 Å². The van der Waals surface area contributed by atoms with E-state index in [-0.39, 0.29) is 6.61 Å². The minimum Gasteiger partial charge on any atom is -0.395 e. The minimum absolute atomic E-state index is 0.187. The Hall–Kier alpha value is -0.720. The first-order valence-corrected chi connectivity index (χ1v) is 5.91. The van der Waals surface area contributed by atoms with Crippen LogP contribution in [0, 0.1) is 0 Å². The van der Waals surface area contributed by atoms with Gasteiger partial charge >= 0.3 is 0 Å². The zero-order valence-corrected chi connectivity index (χ0v) is 10.0. The predicted molar refractivity (Wildman–Crippen MR) is 62.1 cm³/mol. The summed E-state index contributed by atoms with van der Waals surface area (Å²) in [6, 6.07) is 0. The summed E-state index contributed by atoms with van der Waals surface area (Å²) >= 11 is 1.37. The SMILES string of the molecule is CCCN(CCO)Cc1nnsc1NC. The average Bonchev–Trinajstić information content (AvgIpc) is 2.66. The van der Waals surface area contributed by atoms with Gasteiger partial charge in [-0.05, 0) is 13.0 Å². The van der Waals surface area contributed by atoms with Crippen LogP contribution >= 0.6 is 11.5 Å². The fourth-order valence-corrected chi connectivity index (χ4v) is 1.96. The summed E-state index contributed by atoms with van der Waals surface area (Å²) in [4.78, 5) is 2.18. The molecule has 0 unspecified atom stereocenters. The summed E-state index contributed by atoms with van der Waals surface area (Å²) in [5, 5.41) is 17.1. The molecule has 86 valence electrons. The van der Waals surface area contributed by atoms with Gasteiger partial charge < -0.3 is 10.4 Å². The van der Waals surface area contributed by atoms with Crippen molar-refractivity contribution in [3.63, 3.8) is 0 Å². The summed E-state index contributed by atoms with van der Waals surface area (Å²) in [6.45, 7) is 4.73. The van der Waals surface area contributed by atoms with Crippen molar-refractivity contribution in [2.24, 2.45) is 0 Å². The van der Waals surface area contributed by atoms with Crippen LogP contribution in [0.25, 0.3) is 0 Å². The molecule has 1 aromatic rings. The lowest BCUT2D eigenvalue weighted by Crippen LogP contribution is -2.27. The Morgan fingerprint density at radius 2 is 2.27 bits per heavy atom. The van der Waals surface area contributed by atoms with Gasteiger partial charge in [-0.15, -0.1) is 5.10 Å². The van der Waals surface area contributed by atoms with Gasteiger partial charge in [-0.1, -0.05) is 11.4 Å². The van der Waals surface area contributed by atoms with Gasteiger partial charge in [0.15, 0.2) is 0 Å². The summed E-state index contributed by atoms with van der Waals surface area (Å²) in [6.07, 6.45) is 1.08. The highest BCUT2D eigenvalue weighted by Gasteiger charge is 2.11. The molecule has 5 nitrogen and oxygen atoms in total. The van der Waals surface area contributed by atoms with E-state index in [4.69, 9.17) is 5.11 Å². The van der Waals surface area contributed by atoms with Crippen molar-refractivity contribution < 1.29 is 5.11 Å². The highest BCUT2D eigenvalue weighted by molar-refractivity contribution is 7.10. The Labute approximate surface area is 94.3 Å². The first-order valence-electron chi connectivity index (χ1n) is 5.14. The maximum atomic E-state index is 8.93. The molecule has 0 saturated heterocycles. The Morgan fingerprint density at radius 1 is 1.47 bits per heavy atom. The molecule has 0 aliphatic rings. The normalized spacial score (nSPS) is 10.9. The summed E-state index contributed by atoms with van der Waals surface area (Å²) < 4.78 is 3.91. The third-order valence-corrected chi connectivity index (χ3v) is 2.90. The molecular formula is C9H18N4OS. The number of hydrogen-bond acceptors (Lipinski definition) is 6. The minimum atomic E-state index is 0.187. The van der Waals surface area contributed by atoms with E-state index >= 15 is 0 Å². The molecule has 6 heteroatoms. The first-order chi connectivity index (χ1) is 7.31. The van der Waals surface area contributed by atoms with E-state index in [1.807, 2.05) is 7.05 Å². The monoisotopic (exact) mass is 230 g/mol. The maximum absolute atomic E-state index is 8.93. The van der Waals surface area contributed by atoms with E-state index in [1.54, 1.807) is 0 Å². The fraction of sp³-hybridized carbons (Fsp3) is 0.778. The number of aromatic nitrogens is 2. The smallest absolute Gasteiger partial charge is 0.134 e. The van der Waals surface area contributed by atoms with Gasteiger partial charge in [-0.3, -0.25) is 4.90 Å². The van der Waals surface area contributed by atoms with Crippen molar-refractivity contribution in [1.82, 2.24) is 14.5 Å². The average molecular weight is 230 g/mol. The molecule has 15 heavy (non-hydrogen) atoms. The molecule has 0 atom stereocenters. The molecule has 1 rings (SSSR count). The van der Waals surface area contributed by atoms with E-state index in [2.05, 4.69) is 26.7 Å². The van der Waals surface area contributed by atoms with Crippen molar-refractivity contribution in [3.05, 3.63) is 5.69 Å². The molecule has 1 aromatic heterocycles. The molecule has 0 fully saturated rings. The molecule has 0 radical (unpaired) electrons. The second-order valence-electron chi connectivity index (χ2n) is 3.30. The molecule has 0 bridgehead atoms. The van der Waals surface area contributed by atoms with Crippen LogP contribution < -0.4 is 5.32 Å². The summed E-state index contributed by atoms with van der Waals surface area (Å²) in [7, 11) is 1.87. The Bertz CT molecular complexity index is 273. The topological polar surface area (TPSA) is 61.3 Å². The van der Waals surface area contributed by atoms with Gasteiger partial charge in [-0.2, -0.15) is 0 Å². The highest BCUT2D eigenvalue weighted by Crippen LogP contribution is 2.18. The van der Waals surface area contributed by atoms with Gasteiger partial charge in [0.1, 0.15) is 10.7 Å². The fourth-order valence-electron chi connectivity index (χ4n) is 1.44. The molecule has 0 amide bonds. The number of nitrogens with one attached hydrogen (secondary N) is 1. The van der Waals surface area contributed by atoms with E-state index in [1.165, 1.54) is 11.5 Å². The van der Waals surface area contributed by atoms with Crippen LogP contribution in [0.4, 0.5) is 5.00 Å².